The smallest absolute Gasteiger partial charge is 0.231 e. The van der Waals surface area contributed by atoms with Crippen molar-refractivity contribution in [3.05, 3.63) is 35.9 Å². The fourth-order valence-corrected chi connectivity index (χ4v) is 2.59. The molecular weight excluding hydrogens is 282 g/mol. The van der Waals surface area contributed by atoms with Crippen LogP contribution in [0.25, 0.3) is 0 Å². The van der Waals surface area contributed by atoms with Crippen LogP contribution in [0.1, 0.15) is 5.56 Å². The van der Waals surface area contributed by atoms with Gasteiger partial charge in [-0.2, -0.15) is 0 Å². The summed E-state index contributed by atoms with van der Waals surface area (Å²) in [6.07, 6.45) is -0.494. The van der Waals surface area contributed by atoms with Crippen molar-refractivity contribution in [3.8, 4) is 0 Å². The molecule has 6 heteroatoms. The van der Waals surface area contributed by atoms with Gasteiger partial charge >= 0.3 is 0 Å². The van der Waals surface area contributed by atoms with Crippen LogP contribution in [0, 0.1) is 0 Å². The van der Waals surface area contributed by atoms with Crippen LogP contribution in [0.5, 0.6) is 0 Å². The molecule has 3 N–H and O–H groups in total. The minimum Gasteiger partial charge on any atom is -0.389 e. The van der Waals surface area contributed by atoms with E-state index in [4.69, 9.17) is 10.5 Å². The van der Waals surface area contributed by atoms with Gasteiger partial charge in [-0.05, 0) is 5.56 Å². The van der Waals surface area contributed by atoms with Gasteiger partial charge in [-0.25, -0.2) is 0 Å². The molecule has 0 spiro atoms. The average Bonchev–Trinajstić information content (AvgIpc) is 2.50. The number of aliphatic hydroxyl groups excluding tert-OH is 1. The van der Waals surface area contributed by atoms with Crippen LogP contribution in [0.4, 0.5) is 0 Å². The summed E-state index contributed by atoms with van der Waals surface area (Å²) in [5.74, 6) is -0.289. The van der Waals surface area contributed by atoms with E-state index in [9.17, 15) is 9.90 Å². The maximum atomic E-state index is 10.9. The standard InChI is InChI=1S/C16H25N3O3/c17-16(21)11-19-8-6-18(7-9-19)10-15(20)13-22-12-14-4-2-1-3-5-14/h1-5,15,20H,6-13H2,(H2,17,21). The summed E-state index contributed by atoms with van der Waals surface area (Å²) in [5, 5.41) is 10.0. The van der Waals surface area contributed by atoms with Crippen molar-refractivity contribution in [2.75, 3.05) is 45.9 Å². The van der Waals surface area contributed by atoms with Gasteiger partial charge in [0.2, 0.25) is 5.91 Å². The number of aliphatic hydroxyl groups is 1. The lowest BCUT2D eigenvalue weighted by atomic mass is 10.2. The predicted octanol–water partition coefficient (Wildman–Crippen LogP) is -0.333. The van der Waals surface area contributed by atoms with E-state index in [1.54, 1.807) is 0 Å². The third-order valence-electron chi connectivity index (χ3n) is 3.74. The average molecular weight is 307 g/mol. The van der Waals surface area contributed by atoms with Gasteiger partial charge in [-0.3, -0.25) is 14.6 Å². The second kappa shape index (κ2) is 8.85. The molecule has 0 aliphatic carbocycles. The number of hydrogen-bond acceptors (Lipinski definition) is 5. The van der Waals surface area contributed by atoms with E-state index in [0.29, 0.717) is 26.3 Å². The molecule has 0 radical (unpaired) electrons. The summed E-state index contributed by atoms with van der Waals surface area (Å²) in [7, 11) is 0. The number of nitrogens with two attached hydrogens (primary N) is 1. The minimum atomic E-state index is -0.494. The van der Waals surface area contributed by atoms with E-state index in [-0.39, 0.29) is 5.91 Å². The zero-order chi connectivity index (χ0) is 15.8. The Morgan fingerprint density at radius 2 is 1.82 bits per heavy atom. The number of amides is 1. The van der Waals surface area contributed by atoms with Gasteiger partial charge in [0.15, 0.2) is 0 Å². The summed E-state index contributed by atoms with van der Waals surface area (Å²) in [6, 6.07) is 9.92. The van der Waals surface area contributed by atoms with E-state index < -0.39 is 6.10 Å². The summed E-state index contributed by atoms with van der Waals surface area (Å²) in [5.41, 5.74) is 6.30. The number of benzene rings is 1. The van der Waals surface area contributed by atoms with E-state index in [1.807, 2.05) is 35.2 Å². The quantitative estimate of drug-likeness (QED) is 0.687. The van der Waals surface area contributed by atoms with Gasteiger partial charge in [0, 0.05) is 32.7 Å². The molecule has 1 amide bonds. The summed E-state index contributed by atoms with van der Waals surface area (Å²) in [6.45, 7) is 5.05. The lowest BCUT2D eigenvalue weighted by Gasteiger charge is -2.34. The van der Waals surface area contributed by atoms with Crippen molar-refractivity contribution in [3.63, 3.8) is 0 Å². The van der Waals surface area contributed by atoms with Gasteiger partial charge in [0.05, 0.1) is 25.9 Å². The number of nitrogens with zero attached hydrogens (tertiary/aromatic N) is 2. The molecule has 6 nitrogen and oxygen atoms in total. The normalized spacial score (nSPS) is 18.2. The largest absolute Gasteiger partial charge is 0.389 e. The lowest BCUT2D eigenvalue weighted by molar-refractivity contribution is -0.119. The number of piperazine rings is 1. The fourth-order valence-electron chi connectivity index (χ4n) is 2.59. The van der Waals surface area contributed by atoms with Crippen molar-refractivity contribution in [1.29, 1.82) is 0 Å². The number of primary amides is 1. The van der Waals surface area contributed by atoms with Crippen LogP contribution in [0.3, 0.4) is 0 Å². The first kappa shape index (κ1) is 16.9. The third kappa shape index (κ3) is 6.11. The Kier molecular flexibility index (Phi) is 6.79. The number of ether oxygens (including phenoxy) is 1. The van der Waals surface area contributed by atoms with Crippen molar-refractivity contribution >= 4 is 5.91 Å². The maximum Gasteiger partial charge on any atom is 0.231 e. The summed E-state index contributed by atoms with van der Waals surface area (Å²) >= 11 is 0. The molecule has 0 saturated carbocycles. The van der Waals surface area contributed by atoms with Crippen molar-refractivity contribution in [1.82, 2.24) is 9.80 Å². The highest BCUT2D eigenvalue weighted by molar-refractivity contribution is 5.75. The molecule has 0 aromatic heterocycles. The number of hydrogen-bond donors (Lipinski definition) is 2. The predicted molar refractivity (Wildman–Crippen MR) is 84.2 cm³/mol. The second-order valence-electron chi connectivity index (χ2n) is 5.70. The Morgan fingerprint density at radius 1 is 1.18 bits per heavy atom. The second-order valence-corrected chi connectivity index (χ2v) is 5.70. The Labute approximate surface area is 131 Å². The van der Waals surface area contributed by atoms with E-state index in [0.717, 1.165) is 31.7 Å². The van der Waals surface area contributed by atoms with E-state index in [2.05, 4.69) is 4.90 Å². The molecule has 1 aliphatic heterocycles. The Bertz CT molecular complexity index is 447. The topological polar surface area (TPSA) is 79.0 Å². The maximum absolute atomic E-state index is 10.9. The van der Waals surface area contributed by atoms with Crippen LogP contribution >= 0.6 is 0 Å². The van der Waals surface area contributed by atoms with Crippen LogP contribution in [0.15, 0.2) is 30.3 Å². The number of rotatable bonds is 8. The van der Waals surface area contributed by atoms with Gasteiger partial charge < -0.3 is 15.6 Å². The zero-order valence-corrected chi connectivity index (χ0v) is 12.9. The van der Waals surface area contributed by atoms with Crippen molar-refractivity contribution < 1.29 is 14.6 Å². The molecule has 1 aromatic rings. The van der Waals surface area contributed by atoms with Crippen LogP contribution in [-0.4, -0.2) is 72.8 Å². The number of carbonyl (C=O) groups excluding carboxylic acids is 1. The van der Waals surface area contributed by atoms with Gasteiger partial charge in [0.1, 0.15) is 0 Å². The van der Waals surface area contributed by atoms with Gasteiger partial charge in [0.25, 0.3) is 0 Å². The fraction of sp³-hybridized carbons (Fsp3) is 0.562. The molecule has 1 fully saturated rings. The molecule has 122 valence electrons. The molecule has 1 heterocycles. The molecule has 1 aliphatic rings. The minimum absolute atomic E-state index is 0.289. The van der Waals surface area contributed by atoms with Gasteiger partial charge in [-0.15, -0.1) is 0 Å². The molecule has 1 atom stereocenters. The molecule has 1 aromatic carbocycles. The SMILES string of the molecule is NC(=O)CN1CCN(CC(O)COCc2ccccc2)CC1. The monoisotopic (exact) mass is 307 g/mol. The van der Waals surface area contributed by atoms with Crippen LogP contribution in [-0.2, 0) is 16.1 Å². The molecular formula is C16H25N3O3. The molecule has 1 saturated heterocycles. The summed E-state index contributed by atoms with van der Waals surface area (Å²) in [4.78, 5) is 15.1. The first-order valence-corrected chi connectivity index (χ1v) is 7.66. The highest BCUT2D eigenvalue weighted by Crippen LogP contribution is 2.04. The molecule has 22 heavy (non-hydrogen) atoms. The van der Waals surface area contributed by atoms with Crippen molar-refractivity contribution in [2.24, 2.45) is 5.73 Å². The lowest BCUT2D eigenvalue weighted by Crippen LogP contribution is -2.50. The van der Waals surface area contributed by atoms with Crippen LogP contribution < -0.4 is 5.73 Å². The highest BCUT2D eigenvalue weighted by Gasteiger charge is 2.20. The molecule has 1 unspecified atom stereocenters. The first-order chi connectivity index (χ1) is 10.6. The van der Waals surface area contributed by atoms with E-state index >= 15 is 0 Å². The summed E-state index contributed by atoms with van der Waals surface area (Å²) < 4.78 is 5.55. The molecule has 2 rings (SSSR count). The van der Waals surface area contributed by atoms with E-state index in [1.165, 1.54) is 0 Å². The highest BCUT2D eigenvalue weighted by atomic mass is 16.5. The third-order valence-corrected chi connectivity index (χ3v) is 3.74. The number of β-amino-alcohol motifs (C(OH)–C–C–N with tert-alkyl or cyclic N) is 1. The van der Waals surface area contributed by atoms with Crippen molar-refractivity contribution in [2.45, 2.75) is 12.7 Å². The van der Waals surface area contributed by atoms with Crippen LogP contribution in [0.2, 0.25) is 0 Å². The Balaban J connectivity index is 1.59. The zero-order valence-electron chi connectivity index (χ0n) is 12.9. The Hall–Kier alpha value is -1.47. The number of carbonyl (C=O) groups is 1. The first-order valence-electron chi connectivity index (χ1n) is 7.66. The Morgan fingerprint density at radius 3 is 2.45 bits per heavy atom. The molecule has 0 bridgehead atoms. The van der Waals surface area contributed by atoms with Gasteiger partial charge in [-0.1, -0.05) is 30.3 Å².